The molecule has 4 heteroatoms. The van der Waals surface area contributed by atoms with E-state index < -0.39 is 0 Å². The minimum atomic E-state index is 0.0301. The van der Waals surface area contributed by atoms with Crippen molar-refractivity contribution in [1.82, 2.24) is 5.32 Å². The van der Waals surface area contributed by atoms with Crippen LogP contribution in [0.2, 0.25) is 0 Å². The summed E-state index contributed by atoms with van der Waals surface area (Å²) in [6.07, 6.45) is 1.07. The first-order valence-electron chi connectivity index (χ1n) is 5.89. The topological polar surface area (TPSA) is 39.7 Å². The van der Waals surface area contributed by atoms with Crippen LogP contribution in [0.1, 0.15) is 18.1 Å². The zero-order valence-electron chi connectivity index (χ0n) is 10.4. The number of nitrogens with one attached hydrogen (secondary N) is 1. The second-order valence-corrected chi connectivity index (χ2v) is 4.02. The Labute approximate surface area is 102 Å². The van der Waals surface area contributed by atoms with Crippen molar-refractivity contribution in [2.45, 2.75) is 12.5 Å². The van der Waals surface area contributed by atoms with Gasteiger partial charge in [-0.1, -0.05) is 0 Å². The second kappa shape index (κ2) is 5.89. The monoisotopic (exact) mass is 237 g/mol. The van der Waals surface area contributed by atoms with Crippen LogP contribution in [0.4, 0.5) is 0 Å². The van der Waals surface area contributed by atoms with Gasteiger partial charge in [-0.3, -0.25) is 0 Å². The third-order valence-corrected chi connectivity index (χ3v) is 2.93. The Morgan fingerprint density at radius 2 is 2.18 bits per heavy atom. The predicted molar refractivity (Wildman–Crippen MR) is 65.7 cm³/mol. The molecule has 0 amide bonds. The van der Waals surface area contributed by atoms with E-state index in [2.05, 4.69) is 5.32 Å². The number of hydrogen-bond acceptors (Lipinski definition) is 4. The third-order valence-electron chi connectivity index (χ3n) is 2.93. The molecule has 1 aromatic rings. The molecule has 1 saturated heterocycles. The molecule has 0 aromatic heterocycles. The average molecular weight is 237 g/mol. The fraction of sp³-hybridized carbons (Fsp3) is 0.538. The van der Waals surface area contributed by atoms with Crippen molar-refractivity contribution in [3.8, 4) is 11.5 Å². The van der Waals surface area contributed by atoms with Crippen molar-refractivity contribution < 1.29 is 14.2 Å². The first kappa shape index (κ1) is 12.2. The lowest BCUT2D eigenvalue weighted by Crippen LogP contribution is -2.20. The highest BCUT2D eigenvalue weighted by Gasteiger charge is 2.19. The summed E-state index contributed by atoms with van der Waals surface area (Å²) in [5, 5.41) is 3.36. The fourth-order valence-electron chi connectivity index (χ4n) is 2.01. The Hall–Kier alpha value is -1.26. The van der Waals surface area contributed by atoms with Gasteiger partial charge in [0.15, 0.2) is 0 Å². The van der Waals surface area contributed by atoms with E-state index in [-0.39, 0.29) is 6.10 Å². The van der Waals surface area contributed by atoms with Crippen LogP contribution in [0.3, 0.4) is 0 Å². The molecular formula is C13H19NO3. The molecule has 1 N–H and O–H groups in total. The van der Waals surface area contributed by atoms with Gasteiger partial charge in [-0.15, -0.1) is 0 Å². The summed E-state index contributed by atoms with van der Waals surface area (Å²) in [6.45, 7) is 2.59. The van der Waals surface area contributed by atoms with Gasteiger partial charge in [0, 0.05) is 18.7 Å². The molecule has 1 fully saturated rings. The minimum Gasteiger partial charge on any atom is -0.497 e. The predicted octanol–water partition coefficient (Wildman–Crippen LogP) is 1.75. The van der Waals surface area contributed by atoms with Gasteiger partial charge in [-0.05, 0) is 31.2 Å². The Morgan fingerprint density at radius 1 is 1.29 bits per heavy atom. The highest BCUT2D eigenvalue weighted by molar-refractivity contribution is 5.42. The van der Waals surface area contributed by atoms with Gasteiger partial charge >= 0.3 is 0 Å². The highest BCUT2D eigenvalue weighted by Crippen LogP contribution is 2.31. The molecule has 1 atom stereocenters. The van der Waals surface area contributed by atoms with E-state index in [0.29, 0.717) is 0 Å². The van der Waals surface area contributed by atoms with Crippen LogP contribution in [0.15, 0.2) is 18.2 Å². The molecule has 17 heavy (non-hydrogen) atoms. The van der Waals surface area contributed by atoms with Gasteiger partial charge < -0.3 is 19.5 Å². The number of hydrogen-bond donors (Lipinski definition) is 1. The summed E-state index contributed by atoms with van der Waals surface area (Å²) in [7, 11) is 3.34. The smallest absolute Gasteiger partial charge is 0.124 e. The van der Waals surface area contributed by atoms with Crippen molar-refractivity contribution in [3.05, 3.63) is 23.8 Å². The molecule has 94 valence electrons. The standard InChI is InChI=1S/C13H19NO3/c1-15-10-4-5-12(16-2)11(8-10)13-9-14-6-3-7-17-13/h4-5,8,13-14H,3,6-7,9H2,1-2H3. The normalized spacial score (nSPS) is 20.7. The molecule has 1 unspecified atom stereocenters. The fourth-order valence-corrected chi connectivity index (χ4v) is 2.01. The summed E-state index contributed by atoms with van der Waals surface area (Å²) in [5.41, 5.74) is 1.04. The highest BCUT2D eigenvalue weighted by atomic mass is 16.5. The van der Waals surface area contributed by atoms with Crippen LogP contribution in [-0.4, -0.2) is 33.9 Å². The van der Waals surface area contributed by atoms with Crippen LogP contribution in [0.25, 0.3) is 0 Å². The summed E-state index contributed by atoms with van der Waals surface area (Å²) in [6, 6.07) is 5.80. The van der Waals surface area contributed by atoms with E-state index >= 15 is 0 Å². The van der Waals surface area contributed by atoms with E-state index in [9.17, 15) is 0 Å². The number of rotatable bonds is 3. The van der Waals surface area contributed by atoms with Crippen molar-refractivity contribution >= 4 is 0 Å². The number of methoxy groups -OCH3 is 2. The number of ether oxygens (including phenoxy) is 3. The van der Waals surface area contributed by atoms with E-state index in [4.69, 9.17) is 14.2 Å². The summed E-state index contributed by atoms with van der Waals surface area (Å²) < 4.78 is 16.5. The molecule has 1 aliphatic heterocycles. The molecule has 2 rings (SSSR count). The molecule has 4 nitrogen and oxygen atoms in total. The molecule has 0 radical (unpaired) electrons. The lowest BCUT2D eigenvalue weighted by molar-refractivity contribution is 0.0649. The summed E-state index contributed by atoms with van der Waals surface area (Å²) in [4.78, 5) is 0. The zero-order valence-corrected chi connectivity index (χ0v) is 10.4. The number of benzene rings is 1. The van der Waals surface area contributed by atoms with Gasteiger partial charge in [0.2, 0.25) is 0 Å². The average Bonchev–Trinajstić information content (AvgIpc) is 2.66. The van der Waals surface area contributed by atoms with Gasteiger partial charge in [-0.2, -0.15) is 0 Å². The van der Waals surface area contributed by atoms with Crippen molar-refractivity contribution in [2.24, 2.45) is 0 Å². The van der Waals surface area contributed by atoms with Crippen molar-refractivity contribution in [1.29, 1.82) is 0 Å². The second-order valence-electron chi connectivity index (χ2n) is 4.02. The molecule has 0 bridgehead atoms. The Kier molecular flexibility index (Phi) is 4.23. The van der Waals surface area contributed by atoms with Gasteiger partial charge in [0.05, 0.1) is 20.3 Å². The molecule has 1 aliphatic rings. The maximum atomic E-state index is 5.83. The van der Waals surface area contributed by atoms with E-state index in [1.165, 1.54) is 0 Å². The Morgan fingerprint density at radius 3 is 2.94 bits per heavy atom. The van der Waals surface area contributed by atoms with Crippen LogP contribution in [-0.2, 0) is 4.74 Å². The van der Waals surface area contributed by atoms with Crippen molar-refractivity contribution in [2.75, 3.05) is 33.9 Å². The van der Waals surface area contributed by atoms with E-state index in [1.54, 1.807) is 14.2 Å². The van der Waals surface area contributed by atoms with Crippen molar-refractivity contribution in [3.63, 3.8) is 0 Å². The third kappa shape index (κ3) is 2.90. The van der Waals surface area contributed by atoms with E-state index in [0.717, 1.165) is 43.2 Å². The maximum absolute atomic E-state index is 5.83. The lowest BCUT2D eigenvalue weighted by Gasteiger charge is -2.19. The summed E-state index contributed by atoms with van der Waals surface area (Å²) in [5.74, 6) is 1.67. The van der Waals surface area contributed by atoms with E-state index in [1.807, 2.05) is 18.2 Å². The quantitative estimate of drug-likeness (QED) is 0.869. The summed E-state index contributed by atoms with van der Waals surface area (Å²) >= 11 is 0. The molecule has 1 heterocycles. The first-order valence-corrected chi connectivity index (χ1v) is 5.89. The molecular weight excluding hydrogens is 218 g/mol. The van der Waals surface area contributed by atoms with Gasteiger partial charge in [0.25, 0.3) is 0 Å². The van der Waals surface area contributed by atoms with Crippen LogP contribution in [0.5, 0.6) is 11.5 Å². The first-order chi connectivity index (χ1) is 8.35. The SMILES string of the molecule is COc1ccc(OC)c(C2CNCCCO2)c1. The molecule has 0 saturated carbocycles. The van der Waals surface area contributed by atoms with Crippen LogP contribution in [0, 0.1) is 0 Å². The largest absolute Gasteiger partial charge is 0.497 e. The van der Waals surface area contributed by atoms with Gasteiger partial charge in [-0.25, -0.2) is 0 Å². The molecule has 1 aromatic carbocycles. The van der Waals surface area contributed by atoms with Gasteiger partial charge in [0.1, 0.15) is 11.5 Å². The minimum absolute atomic E-state index is 0.0301. The van der Waals surface area contributed by atoms with Crippen LogP contribution < -0.4 is 14.8 Å². The molecule has 0 spiro atoms. The zero-order chi connectivity index (χ0) is 12.1. The molecule has 0 aliphatic carbocycles. The Bertz CT molecular complexity index is 360. The lowest BCUT2D eigenvalue weighted by atomic mass is 10.1. The maximum Gasteiger partial charge on any atom is 0.124 e. The Balaban J connectivity index is 2.26. The van der Waals surface area contributed by atoms with Crippen LogP contribution >= 0.6 is 0 Å².